The van der Waals surface area contributed by atoms with E-state index in [1.807, 2.05) is 6.08 Å². The number of unbranched alkanes of at least 4 members (excludes halogenated alkanes) is 20. The Morgan fingerprint density at radius 1 is 0.284 bits per heavy atom. The van der Waals surface area contributed by atoms with Gasteiger partial charge in [-0.05, 0) is 103 Å². The van der Waals surface area contributed by atoms with E-state index in [4.69, 9.17) is 14.2 Å². The number of rotatable bonds is 53. The summed E-state index contributed by atoms with van der Waals surface area (Å²) in [5.74, 6) is -1.04. The molecule has 1 unspecified atom stereocenters. The largest absolute Gasteiger partial charge is 0.462 e. The molecule has 0 aliphatic heterocycles. The topological polar surface area (TPSA) is 78.9 Å². The predicted octanol–water partition coefficient (Wildman–Crippen LogP) is 20.6. The number of hydrogen-bond donors (Lipinski definition) is 0. The summed E-state index contributed by atoms with van der Waals surface area (Å²) in [4.78, 5) is 38.2. The summed E-state index contributed by atoms with van der Waals surface area (Å²) < 4.78 is 16.8. The lowest BCUT2D eigenvalue weighted by atomic mass is 10.0. The molecule has 0 heterocycles. The molecule has 0 spiro atoms. The molecule has 0 N–H and O–H groups in total. The van der Waals surface area contributed by atoms with E-state index in [-0.39, 0.29) is 44.0 Å². The maximum Gasteiger partial charge on any atom is 0.306 e. The van der Waals surface area contributed by atoms with Crippen LogP contribution in [0, 0.1) is 0 Å². The molecule has 0 aromatic carbocycles. The first-order valence-electron chi connectivity index (χ1n) is 30.2. The van der Waals surface area contributed by atoms with Gasteiger partial charge >= 0.3 is 17.9 Å². The van der Waals surface area contributed by atoms with Crippen molar-refractivity contribution in [1.29, 1.82) is 0 Å². The van der Waals surface area contributed by atoms with E-state index in [0.29, 0.717) is 19.3 Å². The normalized spacial score (nSPS) is 13.1. The summed E-state index contributed by atoms with van der Waals surface area (Å²) in [6, 6.07) is 0. The summed E-state index contributed by atoms with van der Waals surface area (Å²) in [5, 5.41) is 0. The van der Waals surface area contributed by atoms with E-state index in [2.05, 4.69) is 148 Å². The lowest BCUT2D eigenvalue weighted by Gasteiger charge is -2.18. The quantitative estimate of drug-likeness (QED) is 0.0261. The molecular weight excluding hydrogens is 913 g/mol. The second kappa shape index (κ2) is 61.1. The Morgan fingerprint density at radius 2 is 0.554 bits per heavy atom. The molecule has 0 amide bonds. The van der Waals surface area contributed by atoms with E-state index in [9.17, 15) is 14.4 Å². The van der Waals surface area contributed by atoms with Crippen LogP contribution in [0.4, 0.5) is 0 Å². The highest BCUT2D eigenvalue weighted by Crippen LogP contribution is 2.15. The maximum atomic E-state index is 12.9. The number of ether oxygens (including phenoxy) is 3. The van der Waals surface area contributed by atoms with Crippen molar-refractivity contribution in [2.24, 2.45) is 0 Å². The first-order chi connectivity index (χ1) is 36.5. The summed E-state index contributed by atoms with van der Waals surface area (Å²) in [6.07, 6.45) is 86.0. The standard InChI is InChI=1S/C68H110O6/c1-4-7-10-13-16-19-22-25-28-31-34-37-40-43-46-49-52-55-58-61-67(70)73-64-65(63-72-66(69)60-57-54-51-48-45-42-39-36-33-30-27-24-21-18-15-12-9-6-3)74-68(71)62-59-56-53-50-47-44-41-38-35-32-29-26-23-20-17-14-11-8-5-2/h7-8,10-11,16-17,19-20,25-26,28-29,34-35,37-38,43-44,46-47,52,55,65H,4-6,9,12-15,18,21-24,27,30-33,36,39-42,45,48-51,53-54,56-64H2,1-3H3/b10-7-,11-8-,19-16-,20-17-,28-25-,29-26-,37-34-,38-35-,46-43-,47-44-,55-52-. The molecule has 1 atom stereocenters. The van der Waals surface area contributed by atoms with Crippen molar-refractivity contribution in [3.05, 3.63) is 134 Å². The second-order valence-corrected chi connectivity index (χ2v) is 19.5. The molecule has 0 fully saturated rings. The molecule has 0 aromatic heterocycles. The van der Waals surface area contributed by atoms with Crippen molar-refractivity contribution in [2.45, 2.75) is 264 Å². The molecule has 74 heavy (non-hydrogen) atoms. The molecular formula is C68H110O6. The monoisotopic (exact) mass is 1020 g/mol. The van der Waals surface area contributed by atoms with Gasteiger partial charge in [-0.2, -0.15) is 0 Å². The lowest BCUT2D eigenvalue weighted by Crippen LogP contribution is -2.30. The van der Waals surface area contributed by atoms with Crippen LogP contribution in [-0.4, -0.2) is 37.2 Å². The first kappa shape index (κ1) is 69.5. The van der Waals surface area contributed by atoms with Crippen molar-refractivity contribution in [3.63, 3.8) is 0 Å². The van der Waals surface area contributed by atoms with Gasteiger partial charge in [0.2, 0.25) is 0 Å². The van der Waals surface area contributed by atoms with E-state index in [1.54, 1.807) is 0 Å². The third-order valence-corrected chi connectivity index (χ3v) is 12.4. The highest BCUT2D eigenvalue weighted by molar-refractivity contribution is 5.71. The van der Waals surface area contributed by atoms with Crippen LogP contribution in [0.15, 0.2) is 134 Å². The molecule has 0 aliphatic carbocycles. The SMILES string of the molecule is CC/C=C\C/C=C\C/C=C\C/C=C\C/C=C\C/C=C\CCC(=O)OCC(COC(=O)CCCCCCCCCCCCCCCCCCCC)OC(=O)CCCCC/C=C\C/C=C\C/C=C\C/C=C\C/C=C\CC. The molecule has 0 bridgehead atoms. The fourth-order valence-corrected chi connectivity index (χ4v) is 7.97. The van der Waals surface area contributed by atoms with Gasteiger partial charge in [-0.25, -0.2) is 0 Å². The Labute approximate surface area is 455 Å². The summed E-state index contributed by atoms with van der Waals surface area (Å²) in [7, 11) is 0. The van der Waals surface area contributed by atoms with Crippen LogP contribution >= 0.6 is 0 Å². The zero-order chi connectivity index (χ0) is 53.6. The van der Waals surface area contributed by atoms with Crippen molar-refractivity contribution in [2.75, 3.05) is 13.2 Å². The molecule has 6 nitrogen and oxygen atoms in total. The Morgan fingerprint density at radius 3 is 0.905 bits per heavy atom. The highest BCUT2D eigenvalue weighted by atomic mass is 16.6. The third-order valence-electron chi connectivity index (χ3n) is 12.4. The van der Waals surface area contributed by atoms with Gasteiger partial charge in [0.1, 0.15) is 13.2 Å². The fraction of sp³-hybridized carbons (Fsp3) is 0.632. The average molecular weight is 1020 g/mol. The first-order valence-corrected chi connectivity index (χ1v) is 30.2. The van der Waals surface area contributed by atoms with Gasteiger partial charge in [-0.15, -0.1) is 0 Å². The van der Waals surface area contributed by atoms with E-state index in [1.165, 1.54) is 96.3 Å². The Hall–Kier alpha value is -4.45. The molecule has 0 aliphatic rings. The molecule has 0 saturated heterocycles. The van der Waals surface area contributed by atoms with Crippen LogP contribution in [-0.2, 0) is 28.6 Å². The van der Waals surface area contributed by atoms with Crippen molar-refractivity contribution in [3.8, 4) is 0 Å². The summed E-state index contributed by atoms with van der Waals surface area (Å²) in [5.41, 5.74) is 0. The van der Waals surface area contributed by atoms with E-state index in [0.717, 1.165) is 109 Å². The smallest absolute Gasteiger partial charge is 0.306 e. The molecule has 0 saturated carbocycles. The van der Waals surface area contributed by atoms with Crippen LogP contribution < -0.4 is 0 Å². The number of hydrogen-bond acceptors (Lipinski definition) is 6. The van der Waals surface area contributed by atoms with Crippen LogP contribution in [0.1, 0.15) is 258 Å². The zero-order valence-electron chi connectivity index (χ0n) is 47.8. The number of carbonyl (C=O) groups is 3. The van der Waals surface area contributed by atoms with Crippen LogP contribution in [0.3, 0.4) is 0 Å². The predicted molar refractivity (Wildman–Crippen MR) is 320 cm³/mol. The minimum absolute atomic E-state index is 0.117. The van der Waals surface area contributed by atoms with Gasteiger partial charge in [-0.1, -0.05) is 270 Å². The summed E-state index contributed by atoms with van der Waals surface area (Å²) in [6.45, 7) is 6.33. The van der Waals surface area contributed by atoms with Gasteiger partial charge in [0.25, 0.3) is 0 Å². The van der Waals surface area contributed by atoms with E-state index >= 15 is 0 Å². The van der Waals surface area contributed by atoms with Crippen molar-refractivity contribution < 1.29 is 28.6 Å². The number of allylic oxidation sites excluding steroid dienone is 22. The van der Waals surface area contributed by atoms with Gasteiger partial charge in [0, 0.05) is 19.3 Å². The van der Waals surface area contributed by atoms with Crippen LogP contribution in [0.25, 0.3) is 0 Å². The summed E-state index contributed by atoms with van der Waals surface area (Å²) >= 11 is 0. The second-order valence-electron chi connectivity index (χ2n) is 19.5. The van der Waals surface area contributed by atoms with Crippen LogP contribution in [0.5, 0.6) is 0 Å². The Bertz CT molecular complexity index is 1600. The number of carbonyl (C=O) groups excluding carboxylic acids is 3. The highest BCUT2D eigenvalue weighted by Gasteiger charge is 2.19. The lowest BCUT2D eigenvalue weighted by molar-refractivity contribution is -0.166. The minimum Gasteiger partial charge on any atom is -0.462 e. The molecule has 418 valence electrons. The minimum atomic E-state index is -0.831. The number of esters is 3. The molecule has 6 heteroatoms. The van der Waals surface area contributed by atoms with Gasteiger partial charge in [0.05, 0.1) is 0 Å². The van der Waals surface area contributed by atoms with Crippen molar-refractivity contribution >= 4 is 17.9 Å². The van der Waals surface area contributed by atoms with Crippen molar-refractivity contribution in [1.82, 2.24) is 0 Å². The van der Waals surface area contributed by atoms with E-state index < -0.39 is 6.10 Å². The maximum absolute atomic E-state index is 12.9. The molecule has 0 rings (SSSR count). The fourth-order valence-electron chi connectivity index (χ4n) is 7.97. The van der Waals surface area contributed by atoms with Gasteiger partial charge in [0.15, 0.2) is 6.10 Å². The third kappa shape index (κ3) is 58.4. The zero-order valence-corrected chi connectivity index (χ0v) is 47.8. The molecule has 0 aromatic rings. The Kier molecular flexibility index (Phi) is 57.4. The average Bonchev–Trinajstić information content (AvgIpc) is 3.40. The van der Waals surface area contributed by atoms with Gasteiger partial charge in [-0.3, -0.25) is 14.4 Å². The molecule has 0 radical (unpaired) electrons. The van der Waals surface area contributed by atoms with Gasteiger partial charge < -0.3 is 14.2 Å². The Balaban J connectivity index is 4.56. The van der Waals surface area contributed by atoms with Crippen LogP contribution in [0.2, 0.25) is 0 Å².